The molecule has 0 unspecified atom stereocenters. The largest absolute Gasteiger partial charge is 0.408 e. The van der Waals surface area contributed by atoms with Gasteiger partial charge in [0.25, 0.3) is 0 Å². The molecular formula is C15H28O4Si. The predicted molar refractivity (Wildman–Crippen MR) is 81.0 cm³/mol. The van der Waals surface area contributed by atoms with Gasteiger partial charge in [-0.25, -0.2) is 0 Å². The monoisotopic (exact) mass is 300 g/mol. The van der Waals surface area contributed by atoms with Crippen LogP contribution in [0.1, 0.15) is 34.6 Å². The van der Waals surface area contributed by atoms with Gasteiger partial charge in [-0.2, -0.15) is 0 Å². The first kappa shape index (κ1) is 16.2. The molecule has 0 radical (unpaired) electrons. The van der Waals surface area contributed by atoms with E-state index in [1.54, 1.807) is 6.08 Å². The van der Waals surface area contributed by atoms with Crippen LogP contribution in [0.2, 0.25) is 18.1 Å². The standard InChI is InChI=1S/C15H28O4Si/c1-14(2,3)20(6,7)19-11-9-8-10(16)12-13(11)18-15(4,5)17-12/h8-13,16H,1-7H3/t10-,11-,12-,13-/m0/s1. The normalized spacial score (nSPS) is 37.0. The summed E-state index contributed by atoms with van der Waals surface area (Å²) in [7, 11) is -1.89. The predicted octanol–water partition coefficient (Wildman–Crippen LogP) is 2.83. The molecule has 0 aromatic heterocycles. The Hall–Kier alpha value is -0.203. The maximum absolute atomic E-state index is 10.1. The minimum Gasteiger partial charge on any atom is -0.408 e. The molecule has 4 nitrogen and oxygen atoms in total. The molecule has 20 heavy (non-hydrogen) atoms. The van der Waals surface area contributed by atoms with Gasteiger partial charge in [0.15, 0.2) is 14.1 Å². The summed E-state index contributed by atoms with van der Waals surface area (Å²) in [6.45, 7) is 14.8. The summed E-state index contributed by atoms with van der Waals surface area (Å²) in [5, 5.41) is 10.2. The van der Waals surface area contributed by atoms with E-state index in [1.807, 2.05) is 19.9 Å². The van der Waals surface area contributed by atoms with E-state index in [1.165, 1.54) is 0 Å². The van der Waals surface area contributed by atoms with Crippen molar-refractivity contribution in [2.75, 3.05) is 0 Å². The highest BCUT2D eigenvalue weighted by Crippen LogP contribution is 2.41. The minimum absolute atomic E-state index is 0.140. The van der Waals surface area contributed by atoms with Gasteiger partial charge in [0, 0.05) is 0 Å². The second-order valence-corrected chi connectivity index (χ2v) is 12.5. The lowest BCUT2D eigenvalue weighted by molar-refractivity contribution is -0.155. The van der Waals surface area contributed by atoms with Crippen LogP contribution in [0.15, 0.2) is 12.2 Å². The van der Waals surface area contributed by atoms with E-state index in [0.717, 1.165) is 0 Å². The fourth-order valence-corrected chi connectivity index (χ4v) is 3.65. The second-order valence-electron chi connectivity index (χ2n) is 7.78. The number of aliphatic hydroxyl groups is 1. The molecule has 5 heteroatoms. The maximum Gasteiger partial charge on any atom is 0.193 e. The zero-order chi connectivity index (χ0) is 15.3. The van der Waals surface area contributed by atoms with Crippen molar-refractivity contribution >= 4 is 8.32 Å². The summed E-state index contributed by atoms with van der Waals surface area (Å²) in [4.78, 5) is 0. The molecule has 1 N–H and O–H groups in total. The summed E-state index contributed by atoms with van der Waals surface area (Å²) in [6, 6.07) is 0. The third-order valence-corrected chi connectivity index (χ3v) is 9.03. The number of fused-ring (bicyclic) bond motifs is 1. The van der Waals surface area contributed by atoms with E-state index in [-0.39, 0.29) is 23.4 Å². The van der Waals surface area contributed by atoms with Gasteiger partial charge >= 0.3 is 0 Å². The lowest BCUT2D eigenvalue weighted by atomic mass is 9.96. The summed E-state index contributed by atoms with van der Waals surface area (Å²) >= 11 is 0. The van der Waals surface area contributed by atoms with E-state index in [2.05, 4.69) is 33.9 Å². The number of hydrogen-bond donors (Lipinski definition) is 1. The van der Waals surface area contributed by atoms with Gasteiger partial charge in [0.1, 0.15) is 18.3 Å². The highest BCUT2D eigenvalue weighted by Gasteiger charge is 2.51. The van der Waals surface area contributed by atoms with Gasteiger partial charge in [-0.3, -0.25) is 0 Å². The van der Waals surface area contributed by atoms with Gasteiger partial charge in [0.05, 0.1) is 6.10 Å². The van der Waals surface area contributed by atoms with E-state index < -0.39 is 20.2 Å². The van der Waals surface area contributed by atoms with Crippen LogP contribution >= 0.6 is 0 Å². The molecule has 4 atom stereocenters. The third kappa shape index (κ3) is 3.02. The van der Waals surface area contributed by atoms with E-state index in [4.69, 9.17) is 13.9 Å². The third-order valence-electron chi connectivity index (χ3n) is 4.56. The van der Waals surface area contributed by atoms with Crippen molar-refractivity contribution in [1.29, 1.82) is 0 Å². The van der Waals surface area contributed by atoms with Crippen molar-refractivity contribution in [2.45, 2.75) is 83.0 Å². The Morgan fingerprint density at radius 1 is 1.10 bits per heavy atom. The number of ether oxygens (including phenoxy) is 2. The zero-order valence-electron chi connectivity index (χ0n) is 13.6. The van der Waals surface area contributed by atoms with E-state index >= 15 is 0 Å². The highest BCUT2D eigenvalue weighted by molar-refractivity contribution is 6.74. The van der Waals surface area contributed by atoms with Crippen LogP contribution in [-0.4, -0.2) is 43.6 Å². The van der Waals surface area contributed by atoms with Crippen molar-refractivity contribution in [3.8, 4) is 0 Å². The Kier molecular flexibility index (Phi) is 3.98. The molecule has 1 saturated heterocycles. The van der Waals surface area contributed by atoms with Crippen LogP contribution in [0.25, 0.3) is 0 Å². The Balaban J connectivity index is 2.19. The lowest BCUT2D eigenvalue weighted by Gasteiger charge is -2.41. The average Bonchev–Trinajstić information content (AvgIpc) is 2.57. The minimum atomic E-state index is -1.89. The molecule has 1 aliphatic carbocycles. The van der Waals surface area contributed by atoms with E-state index in [0.29, 0.717) is 0 Å². The van der Waals surface area contributed by atoms with Gasteiger partial charge in [-0.1, -0.05) is 32.9 Å². The molecule has 1 aliphatic heterocycles. The number of rotatable bonds is 2. The van der Waals surface area contributed by atoms with Gasteiger partial charge in [-0.05, 0) is 32.0 Å². The highest BCUT2D eigenvalue weighted by atomic mass is 28.4. The maximum atomic E-state index is 10.1. The topological polar surface area (TPSA) is 47.9 Å². The molecule has 2 aliphatic rings. The Labute approximate surface area is 123 Å². The average molecular weight is 300 g/mol. The number of aliphatic hydroxyl groups excluding tert-OH is 1. The molecule has 0 amide bonds. The molecule has 0 aromatic rings. The van der Waals surface area contributed by atoms with Crippen LogP contribution < -0.4 is 0 Å². The van der Waals surface area contributed by atoms with Gasteiger partial charge in [-0.15, -0.1) is 0 Å². The summed E-state index contributed by atoms with van der Waals surface area (Å²) in [5.74, 6) is -0.669. The van der Waals surface area contributed by atoms with Crippen LogP contribution in [0.3, 0.4) is 0 Å². The summed E-state index contributed by atoms with van der Waals surface area (Å²) in [6.07, 6.45) is 2.34. The molecule has 1 fully saturated rings. The van der Waals surface area contributed by atoms with E-state index in [9.17, 15) is 5.11 Å². The van der Waals surface area contributed by atoms with Crippen LogP contribution in [0.4, 0.5) is 0 Å². The van der Waals surface area contributed by atoms with Crippen molar-refractivity contribution in [3.63, 3.8) is 0 Å². The van der Waals surface area contributed by atoms with Gasteiger partial charge in [0.2, 0.25) is 0 Å². The molecule has 116 valence electrons. The van der Waals surface area contributed by atoms with Crippen molar-refractivity contribution in [2.24, 2.45) is 0 Å². The Morgan fingerprint density at radius 3 is 2.20 bits per heavy atom. The molecule has 2 rings (SSSR count). The molecule has 0 spiro atoms. The molecule has 1 heterocycles. The SMILES string of the molecule is CC1(C)O[C@@H]2[C@@H](O1)[C@@H](O)C=C[C@@H]2O[Si](C)(C)C(C)(C)C. The quantitative estimate of drug-likeness (QED) is 0.629. The zero-order valence-corrected chi connectivity index (χ0v) is 14.6. The molecule has 0 bridgehead atoms. The Morgan fingerprint density at radius 2 is 1.65 bits per heavy atom. The smallest absolute Gasteiger partial charge is 0.193 e. The first-order valence-electron chi connectivity index (χ1n) is 7.33. The van der Waals surface area contributed by atoms with Crippen LogP contribution in [-0.2, 0) is 13.9 Å². The second kappa shape index (κ2) is 4.92. The Bertz CT molecular complexity index is 397. The first-order chi connectivity index (χ1) is 8.93. The van der Waals surface area contributed by atoms with Crippen LogP contribution in [0.5, 0.6) is 0 Å². The summed E-state index contributed by atoms with van der Waals surface area (Å²) < 4.78 is 18.2. The van der Waals surface area contributed by atoms with Crippen LogP contribution in [0, 0.1) is 0 Å². The van der Waals surface area contributed by atoms with Crippen molar-refractivity contribution in [1.82, 2.24) is 0 Å². The molecule has 0 saturated carbocycles. The first-order valence-corrected chi connectivity index (χ1v) is 10.2. The fraction of sp³-hybridized carbons (Fsp3) is 0.867. The number of hydrogen-bond acceptors (Lipinski definition) is 4. The van der Waals surface area contributed by atoms with Crippen molar-refractivity contribution in [3.05, 3.63) is 12.2 Å². The van der Waals surface area contributed by atoms with Crippen molar-refractivity contribution < 1.29 is 19.0 Å². The summed E-state index contributed by atoms with van der Waals surface area (Å²) in [5.41, 5.74) is 0. The molecule has 0 aromatic carbocycles. The molecular weight excluding hydrogens is 272 g/mol. The lowest BCUT2D eigenvalue weighted by Crippen LogP contribution is -2.52. The fourth-order valence-electron chi connectivity index (χ4n) is 2.40. The van der Waals surface area contributed by atoms with Gasteiger partial charge < -0.3 is 19.0 Å².